The van der Waals surface area contributed by atoms with Gasteiger partial charge in [-0.2, -0.15) is 0 Å². The van der Waals surface area contributed by atoms with Crippen LogP contribution >= 0.6 is 0 Å². The van der Waals surface area contributed by atoms with Gasteiger partial charge in [-0.25, -0.2) is 13.2 Å². The van der Waals surface area contributed by atoms with Gasteiger partial charge >= 0.3 is 5.97 Å². The normalized spacial score (nSPS) is 19.0. The van der Waals surface area contributed by atoms with Crippen LogP contribution in [-0.4, -0.2) is 49.1 Å². The molecule has 1 amide bonds. The molecule has 1 aromatic rings. The third-order valence-electron chi connectivity index (χ3n) is 3.92. The molecule has 0 aromatic heterocycles. The number of carboxylic acids is 1. The molecule has 6 nitrogen and oxygen atoms in total. The topological polar surface area (TPSA) is 91.8 Å². The zero-order valence-corrected chi connectivity index (χ0v) is 13.4. The van der Waals surface area contributed by atoms with Gasteiger partial charge in [0.15, 0.2) is 9.84 Å². The summed E-state index contributed by atoms with van der Waals surface area (Å²) in [5.41, 5.74) is 0.878. The molecule has 0 spiro atoms. The highest BCUT2D eigenvalue weighted by Crippen LogP contribution is 2.23. The van der Waals surface area contributed by atoms with E-state index in [4.69, 9.17) is 0 Å². The van der Waals surface area contributed by atoms with Crippen LogP contribution in [0.25, 0.3) is 0 Å². The van der Waals surface area contributed by atoms with Crippen LogP contribution in [0.2, 0.25) is 0 Å². The molecule has 0 unspecified atom stereocenters. The SMILES string of the molecule is Cc1ccc(S(C)(=O)=O)cc1C(=O)N1CCCC[C@H]1C(=O)O. The van der Waals surface area contributed by atoms with E-state index >= 15 is 0 Å². The van der Waals surface area contributed by atoms with Gasteiger partial charge in [-0.05, 0) is 43.9 Å². The number of benzene rings is 1. The van der Waals surface area contributed by atoms with Crippen LogP contribution in [0.5, 0.6) is 0 Å². The van der Waals surface area contributed by atoms with E-state index in [0.717, 1.165) is 19.1 Å². The standard InChI is InChI=1S/C15H19NO5S/c1-10-6-7-11(22(2,20)21)9-12(10)14(17)16-8-4-3-5-13(16)15(18)19/h6-7,9,13H,3-5,8H2,1-2H3,(H,18,19)/t13-/m0/s1. The van der Waals surface area contributed by atoms with Gasteiger partial charge in [0.2, 0.25) is 0 Å². The minimum Gasteiger partial charge on any atom is -0.480 e. The van der Waals surface area contributed by atoms with Crippen molar-refractivity contribution < 1.29 is 23.1 Å². The summed E-state index contributed by atoms with van der Waals surface area (Å²) in [7, 11) is -3.42. The molecule has 1 aliphatic heterocycles. The van der Waals surface area contributed by atoms with Crippen molar-refractivity contribution in [1.82, 2.24) is 4.90 Å². The number of aryl methyl sites for hydroxylation is 1. The lowest BCUT2D eigenvalue weighted by atomic mass is 9.99. The molecule has 1 fully saturated rings. The first-order valence-electron chi connectivity index (χ1n) is 7.06. The lowest BCUT2D eigenvalue weighted by molar-refractivity contribution is -0.143. The number of carbonyl (C=O) groups excluding carboxylic acids is 1. The highest BCUT2D eigenvalue weighted by molar-refractivity contribution is 7.90. The Morgan fingerprint density at radius 3 is 2.55 bits per heavy atom. The number of aliphatic carboxylic acids is 1. The van der Waals surface area contributed by atoms with Crippen LogP contribution in [0, 0.1) is 6.92 Å². The molecule has 1 aliphatic rings. The summed E-state index contributed by atoms with van der Waals surface area (Å²) in [6.45, 7) is 2.08. The number of rotatable bonds is 3. The maximum atomic E-state index is 12.7. The van der Waals surface area contributed by atoms with Crippen molar-refractivity contribution in [3.63, 3.8) is 0 Å². The Morgan fingerprint density at radius 1 is 1.27 bits per heavy atom. The number of carboxylic acid groups (broad SMARTS) is 1. The lowest BCUT2D eigenvalue weighted by Gasteiger charge is -2.33. The van der Waals surface area contributed by atoms with Gasteiger partial charge in [0.25, 0.3) is 5.91 Å². The first kappa shape index (κ1) is 16.5. The zero-order chi connectivity index (χ0) is 16.5. The van der Waals surface area contributed by atoms with Gasteiger partial charge < -0.3 is 10.0 Å². The van der Waals surface area contributed by atoms with Gasteiger partial charge in [0, 0.05) is 18.4 Å². The van der Waals surface area contributed by atoms with Gasteiger partial charge in [-0.3, -0.25) is 4.79 Å². The Kier molecular flexibility index (Phi) is 4.55. The Hall–Kier alpha value is -1.89. The molecule has 1 heterocycles. The molecule has 120 valence electrons. The Morgan fingerprint density at radius 2 is 1.95 bits per heavy atom. The highest BCUT2D eigenvalue weighted by atomic mass is 32.2. The Balaban J connectivity index is 2.42. The molecule has 1 aromatic carbocycles. The fourth-order valence-electron chi connectivity index (χ4n) is 2.65. The van der Waals surface area contributed by atoms with Crippen molar-refractivity contribution in [2.24, 2.45) is 0 Å². The fourth-order valence-corrected chi connectivity index (χ4v) is 3.30. The quantitative estimate of drug-likeness (QED) is 0.909. The molecule has 0 saturated carbocycles. The first-order chi connectivity index (χ1) is 10.2. The molecule has 2 rings (SSSR count). The van der Waals surface area contributed by atoms with E-state index in [1.807, 2.05) is 0 Å². The molecule has 22 heavy (non-hydrogen) atoms. The van der Waals surface area contributed by atoms with Gasteiger partial charge in [0.1, 0.15) is 6.04 Å². The number of likely N-dealkylation sites (tertiary alicyclic amines) is 1. The van der Waals surface area contributed by atoms with Crippen LogP contribution in [0.4, 0.5) is 0 Å². The number of nitrogens with zero attached hydrogens (tertiary/aromatic N) is 1. The summed E-state index contributed by atoms with van der Waals surface area (Å²) >= 11 is 0. The van der Waals surface area contributed by atoms with Crippen LogP contribution in [-0.2, 0) is 14.6 Å². The monoisotopic (exact) mass is 325 g/mol. The molecule has 7 heteroatoms. The summed E-state index contributed by atoms with van der Waals surface area (Å²) < 4.78 is 23.3. The van der Waals surface area contributed by atoms with Crippen LogP contribution in [0.1, 0.15) is 35.2 Å². The van der Waals surface area contributed by atoms with Crippen molar-refractivity contribution in [2.75, 3.05) is 12.8 Å². The Labute approximate surface area is 129 Å². The van der Waals surface area contributed by atoms with Crippen LogP contribution in [0.15, 0.2) is 23.1 Å². The maximum absolute atomic E-state index is 12.7. The molecule has 0 bridgehead atoms. The highest BCUT2D eigenvalue weighted by Gasteiger charge is 2.33. The zero-order valence-electron chi connectivity index (χ0n) is 12.6. The number of hydrogen-bond donors (Lipinski definition) is 1. The summed E-state index contributed by atoms with van der Waals surface area (Å²) in [5.74, 6) is -1.44. The lowest BCUT2D eigenvalue weighted by Crippen LogP contribution is -2.48. The van der Waals surface area contributed by atoms with Gasteiger partial charge in [0.05, 0.1) is 4.90 Å². The van der Waals surface area contributed by atoms with Crippen molar-refractivity contribution in [2.45, 2.75) is 37.1 Å². The largest absolute Gasteiger partial charge is 0.480 e. The van der Waals surface area contributed by atoms with Crippen molar-refractivity contribution in [3.8, 4) is 0 Å². The van der Waals surface area contributed by atoms with Crippen molar-refractivity contribution >= 4 is 21.7 Å². The summed E-state index contributed by atoms with van der Waals surface area (Å²) in [5, 5.41) is 9.27. The second-order valence-electron chi connectivity index (χ2n) is 5.60. The molecule has 0 aliphatic carbocycles. The van der Waals surface area contributed by atoms with E-state index in [1.54, 1.807) is 13.0 Å². The van der Waals surface area contributed by atoms with E-state index in [-0.39, 0.29) is 10.5 Å². The van der Waals surface area contributed by atoms with Gasteiger partial charge in [-0.15, -0.1) is 0 Å². The summed E-state index contributed by atoms with van der Waals surface area (Å²) in [6, 6.07) is 3.51. The van der Waals surface area contributed by atoms with Crippen molar-refractivity contribution in [1.29, 1.82) is 0 Å². The smallest absolute Gasteiger partial charge is 0.326 e. The van der Waals surface area contributed by atoms with E-state index in [9.17, 15) is 23.1 Å². The van der Waals surface area contributed by atoms with Gasteiger partial charge in [-0.1, -0.05) is 6.07 Å². The number of amides is 1. The number of carbonyl (C=O) groups is 2. The third-order valence-corrected chi connectivity index (χ3v) is 5.03. The Bertz CT molecular complexity index is 711. The second kappa shape index (κ2) is 6.08. The van der Waals surface area contributed by atoms with Crippen LogP contribution in [0.3, 0.4) is 0 Å². The van der Waals surface area contributed by atoms with Crippen molar-refractivity contribution in [3.05, 3.63) is 29.3 Å². The third kappa shape index (κ3) is 3.30. The van der Waals surface area contributed by atoms with E-state index < -0.39 is 27.8 Å². The number of hydrogen-bond acceptors (Lipinski definition) is 4. The molecular weight excluding hydrogens is 306 g/mol. The first-order valence-corrected chi connectivity index (χ1v) is 8.95. The molecule has 1 saturated heterocycles. The van der Waals surface area contributed by atoms with Crippen LogP contribution < -0.4 is 0 Å². The predicted octanol–water partition coefficient (Wildman–Crippen LogP) is 1.48. The molecular formula is C15H19NO5S. The molecule has 1 atom stereocenters. The average molecular weight is 325 g/mol. The summed E-state index contributed by atoms with van der Waals surface area (Å²) in [4.78, 5) is 25.4. The maximum Gasteiger partial charge on any atom is 0.326 e. The average Bonchev–Trinajstić information content (AvgIpc) is 2.45. The fraction of sp³-hybridized carbons (Fsp3) is 0.467. The predicted molar refractivity (Wildman–Crippen MR) is 80.6 cm³/mol. The minimum atomic E-state index is -3.42. The second-order valence-corrected chi connectivity index (χ2v) is 7.61. The van der Waals surface area contributed by atoms with E-state index in [0.29, 0.717) is 18.5 Å². The van der Waals surface area contributed by atoms with E-state index in [1.165, 1.54) is 17.0 Å². The minimum absolute atomic E-state index is 0.0605. The van der Waals surface area contributed by atoms with E-state index in [2.05, 4.69) is 0 Å². The summed E-state index contributed by atoms with van der Waals surface area (Å²) in [6.07, 6.45) is 3.02. The number of piperidine rings is 1. The molecule has 1 N–H and O–H groups in total. The molecule has 0 radical (unpaired) electrons. The number of sulfone groups is 1.